The lowest BCUT2D eigenvalue weighted by Gasteiger charge is -2.33. The third-order valence-corrected chi connectivity index (χ3v) is 5.90. The third kappa shape index (κ3) is 3.89. The van der Waals surface area contributed by atoms with Gasteiger partial charge in [-0.3, -0.25) is 0 Å². The number of piperazine rings is 1. The highest BCUT2D eigenvalue weighted by atomic mass is 19.1. The highest BCUT2D eigenvalue weighted by Gasteiger charge is 2.22. The Balaban J connectivity index is 1.66. The number of hydrogen-bond donors (Lipinski definition) is 1. The highest BCUT2D eigenvalue weighted by Crippen LogP contribution is 2.33. The molecule has 0 unspecified atom stereocenters. The quantitative estimate of drug-likeness (QED) is 0.527. The van der Waals surface area contributed by atoms with E-state index in [2.05, 4.69) is 26.8 Å². The number of aromatic nitrogens is 3. The fourth-order valence-electron chi connectivity index (χ4n) is 4.24. The van der Waals surface area contributed by atoms with Crippen LogP contribution in [0.5, 0.6) is 5.75 Å². The number of likely N-dealkylation sites (N-methyl/N-ethyl adjacent to an activating group) is 1. The summed E-state index contributed by atoms with van der Waals surface area (Å²) in [4.78, 5) is 13.6. The van der Waals surface area contributed by atoms with Crippen LogP contribution in [0.1, 0.15) is 5.56 Å². The molecule has 0 atom stereocenters. The number of phenolic OH excluding ortho intramolecular Hbond substituents is 1. The van der Waals surface area contributed by atoms with Crippen molar-refractivity contribution in [3.8, 4) is 17.0 Å². The molecule has 164 valence electrons. The van der Waals surface area contributed by atoms with Crippen molar-refractivity contribution < 1.29 is 13.9 Å². The number of benzene rings is 2. The predicted octanol–water partition coefficient (Wildman–Crippen LogP) is 3.88. The van der Waals surface area contributed by atoms with Crippen LogP contribution in [0.2, 0.25) is 0 Å². The summed E-state index contributed by atoms with van der Waals surface area (Å²) < 4.78 is 29.7. The van der Waals surface area contributed by atoms with E-state index in [-0.39, 0.29) is 12.3 Å². The molecule has 1 saturated heterocycles. The number of fused-ring (bicyclic) bond motifs is 1. The molecule has 3 heterocycles. The van der Waals surface area contributed by atoms with E-state index in [9.17, 15) is 13.9 Å². The first-order valence-electron chi connectivity index (χ1n) is 10.5. The molecule has 0 amide bonds. The maximum Gasteiger partial charge on any atom is 0.146 e. The second-order valence-corrected chi connectivity index (χ2v) is 8.17. The zero-order valence-electron chi connectivity index (χ0n) is 17.7. The molecule has 0 bridgehead atoms. The summed E-state index contributed by atoms with van der Waals surface area (Å²) in [6.45, 7) is 3.85. The fourth-order valence-corrected chi connectivity index (χ4v) is 4.24. The molecule has 2 aromatic carbocycles. The first-order chi connectivity index (χ1) is 15.5. The molecule has 0 saturated carbocycles. The van der Waals surface area contributed by atoms with Gasteiger partial charge in [0.15, 0.2) is 0 Å². The second-order valence-electron chi connectivity index (χ2n) is 8.17. The molecule has 0 aliphatic carbocycles. The molecule has 5 rings (SSSR count). The minimum Gasteiger partial charge on any atom is -0.508 e. The molecule has 0 spiro atoms. The van der Waals surface area contributed by atoms with E-state index >= 15 is 0 Å². The van der Waals surface area contributed by atoms with Gasteiger partial charge in [-0.1, -0.05) is 0 Å². The molecule has 4 aromatic rings. The number of hydrogen-bond acceptors (Lipinski definition) is 5. The van der Waals surface area contributed by atoms with Gasteiger partial charge >= 0.3 is 0 Å². The van der Waals surface area contributed by atoms with Gasteiger partial charge in [0.2, 0.25) is 0 Å². The zero-order valence-corrected chi connectivity index (χ0v) is 17.7. The first kappa shape index (κ1) is 20.4. The van der Waals surface area contributed by atoms with Crippen molar-refractivity contribution in [3.63, 3.8) is 0 Å². The Morgan fingerprint density at radius 3 is 2.28 bits per heavy atom. The Morgan fingerprint density at radius 1 is 0.906 bits per heavy atom. The molecule has 32 heavy (non-hydrogen) atoms. The Labute approximate surface area is 184 Å². The lowest BCUT2D eigenvalue weighted by molar-refractivity contribution is 0.312. The number of phenols is 1. The van der Waals surface area contributed by atoms with Gasteiger partial charge in [0, 0.05) is 38.8 Å². The van der Waals surface area contributed by atoms with E-state index in [1.807, 2.05) is 22.8 Å². The molecule has 6 nitrogen and oxygen atoms in total. The van der Waals surface area contributed by atoms with Crippen molar-refractivity contribution >= 4 is 16.9 Å². The van der Waals surface area contributed by atoms with E-state index in [0.29, 0.717) is 11.2 Å². The summed E-state index contributed by atoms with van der Waals surface area (Å²) in [7, 11) is 2.10. The average Bonchev–Trinajstić information content (AvgIpc) is 3.13. The maximum absolute atomic E-state index is 13.9. The molecule has 1 aliphatic rings. The number of halogens is 2. The van der Waals surface area contributed by atoms with Crippen molar-refractivity contribution in [3.05, 3.63) is 72.1 Å². The topological polar surface area (TPSA) is 57.4 Å². The number of rotatable bonds is 4. The van der Waals surface area contributed by atoms with Gasteiger partial charge in [0.1, 0.15) is 35.2 Å². The monoisotopic (exact) mass is 435 g/mol. The summed E-state index contributed by atoms with van der Waals surface area (Å²) in [5.41, 5.74) is 2.89. The lowest BCUT2D eigenvalue weighted by Crippen LogP contribution is -2.44. The van der Waals surface area contributed by atoms with Crippen molar-refractivity contribution in [2.75, 3.05) is 38.1 Å². The summed E-state index contributed by atoms with van der Waals surface area (Å²) in [5.74, 6) is -0.209. The molecule has 1 fully saturated rings. The molecule has 1 aliphatic heterocycles. The van der Waals surface area contributed by atoms with Gasteiger partial charge < -0.3 is 19.5 Å². The number of anilines is 1. The van der Waals surface area contributed by atoms with E-state index < -0.39 is 11.6 Å². The third-order valence-electron chi connectivity index (χ3n) is 5.90. The lowest BCUT2D eigenvalue weighted by atomic mass is 10.1. The standard InChI is InChI=1S/C24H23F2N5O/c1-29-6-8-30(9-7-29)23-21-13-22(17-2-4-20(32)5-3-17)31(24(21)28-15-27-23)14-16-10-18(25)12-19(26)11-16/h2-5,10-13,15,32H,6-9,14H2,1H3. The van der Waals surface area contributed by atoms with Crippen LogP contribution < -0.4 is 4.90 Å². The van der Waals surface area contributed by atoms with Crippen LogP contribution in [-0.2, 0) is 6.54 Å². The highest BCUT2D eigenvalue weighted by molar-refractivity contribution is 5.93. The van der Waals surface area contributed by atoms with Crippen molar-refractivity contribution in [2.24, 2.45) is 0 Å². The van der Waals surface area contributed by atoms with Crippen LogP contribution in [0.25, 0.3) is 22.3 Å². The van der Waals surface area contributed by atoms with Gasteiger partial charge in [-0.25, -0.2) is 18.7 Å². The fraction of sp³-hybridized carbons (Fsp3) is 0.250. The summed E-state index contributed by atoms with van der Waals surface area (Å²) in [5, 5.41) is 10.6. The number of nitrogens with zero attached hydrogens (tertiary/aromatic N) is 5. The van der Waals surface area contributed by atoms with Crippen molar-refractivity contribution in [2.45, 2.75) is 6.54 Å². The van der Waals surface area contributed by atoms with Crippen LogP contribution in [-0.4, -0.2) is 57.8 Å². The van der Waals surface area contributed by atoms with E-state index in [0.717, 1.165) is 54.7 Å². The summed E-state index contributed by atoms with van der Waals surface area (Å²) in [6, 6.07) is 12.4. The maximum atomic E-state index is 13.9. The van der Waals surface area contributed by atoms with Crippen LogP contribution in [0, 0.1) is 11.6 Å². The van der Waals surface area contributed by atoms with Crippen LogP contribution in [0.3, 0.4) is 0 Å². The van der Waals surface area contributed by atoms with E-state index in [4.69, 9.17) is 0 Å². The largest absolute Gasteiger partial charge is 0.508 e. The van der Waals surface area contributed by atoms with Gasteiger partial charge in [0.25, 0.3) is 0 Å². The van der Waals surface area contributed by atoms with Gasteiger partial charge in [-0.05, 0) is 60.6 Å². The second kappa shape index (κ2) is 8.20. The SMILES string of the molecule is CN1CCN(c2ncnc3c2cc(-c2ccc(O)cc2)n3Cc2cc(F)cc(F)c2)CC1. The summed E-state index contributed by atoms with van der Waals surface area (Å²) >= 11 is 0. The Hall–Kier alpha value is -3.52. The van der Waals surface area contributed by atoms with Crippen LogP contribution in [0.4, 0.5) is 14.6 Å². The van der Waals surface area contributed by atoms with Gasteiger partial charge in [-0.2, -0.15) is 0 Å². The van der Waals surface area contributed by atoms with Crippen LogP contribution >= 0.6 is 0 Å². The number of aromatic hydroxyl groups is 1. The molecular formula is C24H23F2N5O. The van der Waals surface area contributed by atoms with Crippen molar-refractivity contribution in [1.82, 2.24) is 19.4 Å². The predicted molar refractivity (Wildman–Crippen MR) is 120 cm³/mol. The normalized spacial score (nSPS) is 14.9. The molecular weight excluding hydrogens is 412 g/mol. The smallest absolute Gasteiger partial charge is 0.146 e. The molecule has 1 N–H and O–H groups in total. The van der Waals surface area contributed by atoms with Crippen molar-refractivity contribution in [1.29, 1.82) is 0 Å². The average molecular weight is 435 g/mol. The van der Waals surface area contributed by atoms with Crippen LogP contribution in [0.15, 0.2) is 54.9 Å². The Morgan fingerprint density at radius 2 is 1.59 bits per heavy atom. The molecule has 8 heteroatoms. The van der Waals surface area contributed by atoms with E-state index in [1.165, 1.54) is 12.1 Å². The molecule has 0 radical (unpaired) electrons. The Bertz CT molecular complexity index is 1240. The molecule has 2 aromatic heterocycles. The minimum atomic E-state index is -0.615. The van der Waals surface area contributed by atoms with E-state index in [1.54, 1.807) is 18.5 Å². The summed E-state index contributed by atoms with van der Waals surface area (Å²) in [6.07, 6.45) is 1.54. The van der Waals surface area contributed by atoms with Gasteiger partial charge in [0.05, 0.1) is 11.1 Å². The minimum absolute atomic E-state index is 0.168. The first-order valence-corrected chi connectivity index (χ1v) is 10.5. The zero-order chi connectivity index (χ0) is 22.2. The van der Waals surface area contributed by atoms with Gasteiger partial charge in [-0.15, -0.1) is 0 Å². The Kier molecular flexibility index (Phi) is 5.22.